The molecule has 5 heteroatoms. The second-order valence-electron chi connectivity index (χ2n) is 3.84. The molecule has 1 N–H and O–H groups in total. The Kier molecular flexibility index (Phi) is 3.37. The van der Waals surface area contributed by atoms with E-state index in [0.717, 1.165) is 16.8 Å². The molecular weight excluding hydrogens is 230 g/mol. The highest BCUT2D eigenvalue weighted by Gasteiger charge is 2.37. The Bertz CT molecular complexity index is 545. The number of nitrogens with zero attached hydrogens (tertiary/aromatic N) is 2. The zero-order valence-electron chi connectivity index (χ0n) is 10.2. The Hall–Kier alpha value is -2.23. The molecular formula is C13H13N3O2. The molecule has 0 radical (unpaired) electrons. The predicted octanol–water partition coefficient (Wildman–Crippen LogP) is 1.61. The Morgan fingerprint density at radius 1 is 1.39 bits per heavy atom. The summed E-state index contributed by atoms with van der Waals surface area (Å²) < 4.78 is 5.39. The summed E-state index contributed by atoms with van der Waals surface area (Å²) in [5, 5.41) is 3.05. The van der Waals surface area contributed by atoms with Crippen molar-refractivity contribution in [3.05, 3.63) is 47.9 Å². The molecule has 0 aromatic carbocycles. The number of dihydropyridines is 1. The minimum atomic E-state index is -1.22. The van der Waals surface area contributed by atoms with Crippen LogP contribution in [0.4, 0.5) is 0 Å². The minimum absolute atomic E-state index is 0.737. The average molecular weight is 243 g/mol. The van der Waals surface area contributed by atoms with Crippen molar-refractivity contribution in [2.75, 3.05) is 7.11 Å². The van der Waals surface area contributed by atoms with Crippen molar-refractivity contribution in [1.82, 2.24) is 10.3 Å². The number of isocyanates is 1. The summed E-state index contributed by atoms with van der Waals surface area (Å²) in [6.45, 7) is 1.87. The van der Waals surface area contributed by atoms with E-state index in [9.17, 15) is 4.79 Å². The van der Waals surface area contributed by atoms with Crippen LogP contribution in [0.3, 0.4) is 0 Å². The quantitative estimate of drug-likeness (QED) is 0.647. The molecule has 0 saturated heterocycles. The number of hydrogen-bond donors (Lipinski definition) is 1. The first-order valence-corrected chi connectivity index (χ1v) is 5.43. The van der Waals surface area contributed by atoms with Gasteiger partial charge in [-0.25, -0.2) is 4.79 Å². The van der Waals surface area contributed by atoms with E-state index in [0.29, 0.717) is 0 Å². The van der Waals surface area contributed by atoms with Crippen LogP contribution in [0.25, 0.3) is 5.57 Å². The number of aliphatic imine (C=N–C) groups is 1. The van der Waals surface area contributed by atoms with Crippen molar-refractivity contribution in [2.24, 2.45) is 4.99 Å². The molecule has 0 fully saturated rings. The molecule has 1 aliphatic heterocycles. The second-order valence-corrected chi connectivity index (χ2v) is 3.84. The first-order valence-electron chi connectivity index (χ1n) is 5.43. The molecule has 0 saturated carbocycles. The number of pyridine rings is 1. The number of methoxy groups -OCH3 is 1. The topological polar surface area (TPSA) is 63.6 Å². The Morgan fingerprint density at radius 2 is 2.11 bits per heavy atom. The van der Waals surface area contributed by atoms with Gasteiger partial charge in [0.1, 0.15) is 0 Å². The zero-order valence-corrected chi connectivity index (χ0v) is 10.2. The summed E-state index contributed by atoms with van der Waals surface area (Å²) in [6, 6.07) is 3.66. The largest absolute Gasteiger partial charge is 0.338 e. The van der Waals surface area contributed by atoms with E-state index in [1.807, 2.05) is 31.2 Å². The van der Waals surface area contributed by atoms with E-state index in [1.165, 1.54) is 7.11 Å². The van der Waals surface area contributed by atoms with Crippen LogP contribution < -0.4 is 5.32 Å². The number of nitrogens with one attached hydrogen (secondary N) is 1. The van der Waals surface area contributed by atoms with Crippen molar-refractivity contribution in [1.29, 1.82) is 0 Å². The maximum Gasteiger partial charge on any atom is 0.275 e. The molecule has 1 atom stereocenters. The van der Waals surface area contributed by atoms with Gasteiger partial charge in [-0.1, -0.05) is 0 Å². The van der Waals surface area contributed by atoms with Gasteiger partial charge in [-0.05, 0) is 36.8 Å². The summed E-state index contributed by atoms with van der Waals surface area (Å²) >= 11 is 0. The van der Waals surface area contributed by atoms with E-state index in [4.69, 9.17) is 4.74 Å². The molecule has 5 nitrogen and oxygen atoms in total. The van der Waals surface area contributed by atoms with Gasteiger partial charge >= 0.3 is 0 Å². The fraction of sp³-hybridized carbons (Fsp3) is 0.231. The third-order valence-corrected chi connectivity index (χ3v) is 2.72. The van der Waals surface area contributed by atoms with Gasteiger partial charge < -0.3 is 10.1 Å². The van der Waals surface area contributed by atoms with E-state index in [2.05, 4.69) is 15.3 Å². The molecule has 0 bridgehead atoms. The molecule has 2 rings (SSSR count). The average Bonchev–Trinajstić information content (AvgIpc) is 2.40. The molecule has 1 aliphatic rings. The highest BCUT2D eigenvalue weighted by molar-refractivity contribution is 5.75. The number of allylic oxidation sites excluding steroid dienone is 3. The van der Waals surface area contributed by atoms with Crippen molar-refractivity contribution in [3.63, 3.8) is 0 Å². The van der Waals surface area contributed by atoms with E-state index in [-0.39, 0.29) is 0 Å². The lowest BCUT2D eigenvalue weighted by Crippen LogP contribution is -2.46. The smallest absolute Gasteiger partial charge is 0.275 e. The normalized spacial score (nSPS) is 22.3. The van der Waals surface area contributed by atoms with Crippen molar-refractivity contribution >= 4 is 11.7 Å². The van der Waals surface area contributed by atoms with Crippen molar-refractivity contribution in [2.45, 2.75) is 12.8 Å². The van der Waals surface area contributed by atoms with Gasteiger partial charge in [0.15, 0.2) is 0 Å². The summed E-state index contributed by atoms with van der Waals surface area (Å²) in [5.41, 5.74) is 2.47. The van der Waals surface area contributed by atoms with Crippen molar-refractivity contribution in [3.8, 4) is 0 Å². The van der Waals surface area contributed by atoms with Crippen LogP contribution in [0, 0.1) is 0 Å². The molecule has 0 amide bonds. The van der Waals surface area contributed by atoms with Crippen LogP contribution in [0.2, 0.25) is 0 Å². The predicted molar refractivity (Wildman–Crippen MR) is 67.0 cm³/mol. The molecule has 0 spiro atoms. The van der Waals surface area contributed by atoms with Crippen LogP contribution >= 0.6 is 0 Å². The Balaban J connectivity index is 2.56. The van der Waals surface area contributed by atoms with Gasteiger partial charge in [0.05, 0.1) is 0 Å². The van der Waals surface area contributed by atoms with Crippen LogP contribution in [-0.4, -0.2) is 24.0 Å². The molecule has 1 aromatic rings. The monoisotopic (exact) mass is 243 g/mol. The lowest BCUT2D eigenvalue weighted by atomic mass is 9.98. The van der Waals surface area contributed by atoms with Gasteiger partial charge in [-0.15, -0.1) is 4.99 Å². The van der Waals surface area contributed by atoms with Crippen LogP contribution in [0.1, 0.15) is 12.5 Å². The second kappa shape index (κ2) is 4.96. The number of hydrogen-bond acceptors (Lipinski definition) is 5. The minimum Gasteiger partial charge on any atom is -0.338 e. The molecule has 92 valence electrons. The highest BCUT2D eigenvalue weighted by atomic mass is 16.5. The summed E-state index contributed by atoms with van der Waals surface area (Å²) in [6.07, 6.45) is 8.66. The van der Waals surface area contributed by atoms with E-state index < -0.39 is 5.85 Å². The van der Waals surface area contributed by atoms with Crippen LogP contribution in [0.15, 0.2) is 47.4 Å². The van der Waals surface area contributed by atoms with Gasteiger partial charge in [-0.3, -0.25) is 4.98 Å². The molecule has 0 aliphatic carbocycles. The molecule has 2 heterocycles. The van der Waals surface area contributed by atoms with Gasteiger partial charge in [-0.2, -0.15) is 0 Å². The van der Waals surface area contributed by atoms with Gasteiger partial charge in [0.25, 0.3) is 5.85 Å². The van der Waals surface area contributed by atoms with Gasteiger partial charge in [0, 0.05) is 30.8 Å². The summed E-state index contributed by atoms with van der Waals surface area (Å²) in [4.78, 5) is 18.4. The van der Waals surface area contributed by atoms with Crippen LogP contribution in [-0.2, 0) is 9.53 Å². The third kappa shape index (κ3) is 2.09. The third-order valence-electron chi connectivity index (χ3n) is 2.72. The molecule has 1 aromatic heterocycles. The molecule has 1 unspecified atom stereocenters. The zero-order chi connectivity index (χ0) is 13.0. The van der Waals surface area contributed by atoms with Gasteiger partial charge in [0.2, 0.25) is 6.08 Å². The Morgan fingerprint density at radius 3 is 2.72 bits per heavy atom. The first-order chi connectivity index (χ1) is 8.72. The summed E-state index contributed by atoms with van der Waals surface area (Å²) in [7, 11) is 1.49. The highest BCUT2D eigenvalue weighted by Crippen LogP contribution is 2.32. The van der Waals surface area contributed by atoms with E-state index in [1.54, 1.807) is 18.5 Å². The molecule has 18 heavy (non-hydrogen) atoms. The number of carbonyl (C=O) groups excluding carboxylic acids is 1. The number of rotatable bonds is 3. The maximum absolute atomic E-state index is 10.7. The number of aromatic nitrogens is 1. The fourth-order valence-electron chi connectivity index (χ4n) is 1.88. The fourth-order valence-corrected chi connectivity index (χ4v) is 1.88. The van der Waals surface area contributed by atoms with E-state index >= 15 is 0 Å². The Labute approximate surface area is 105 Å². The number of ether oxygens (including phenoxy) is 1. The lowest BCUT2D eigenvalue weighted by Gasteiger charge is -2.33. The lowest BCUT2D eigenvalue weighted by molar-refractivity contribution is 0.0273. The van der Waals surface area contributed by atoms with Crippen LogP contribution in [0.5, 0.6) is 0 Å². The SMILES string of the molecule is COC1(N=C=O)NC(C)=CC=C1c1ccncc1. The van der Waals surface area contributed by atoms with Crippen molar-refractivity contribution < 1.29 is 9.53 Å². The summed E-state index contributed by atoms with van der Waals surface area (Å²) in [5.74, 6) is -1.22. The standard InChI is InChI=1S/C13H13N3O2/c1-10-3-4-12(11-5-7-14-8-6-11)13(16-10,18-2)15-9-17/h3-8,16H,1-2H3. The maximum atomic E-state index is 10.7. The first kappa shape index (κ1) is 12.2.